The summed E-state index contributed by atoms with van der Waals surface area (Å²) in [4.78, 5) is 1.14. The van der Waals surface area contributed by atoms with E-state index in [4.69, 9.17) is 5.11 Å². The van der Waals surface area contributed by atoms with Crippen LogP contribution < -0.4 is 5.32 Å². The molecule has 0 aliphatic carbocycles. The van der Waals surface area contributed by atoms with Crippen LogP contribution >= 0.6 is 27.7 Å². The van der Waals surface area contributed by atoms with Crippen LogP contribution in [0.2, 0.25) is 0 Å². The van der Waals surface area contributed by atoms with E-state index in [0.717, 1.165) is 22.5 Å². The van der Waals surface area contributed by atoms with Gasteiger partial charge in [0.1, 0.15) is 0 Å². The Hall–Kier alpha value is -0.0700. The summed E-state index contributed by atoms with van der Waals surface area (Å²) in [5.74, 6) is 1.13. The summed E-state index contributed by atoms with van der Waals surface area (Å²) in [5.41, 5.74) is 1.22. The second kappa shape index (κ2) is 8.97. The molecule has 1 aromatic rings. The lowest BCUT2D eigenvalue weighted by Gasteiger charge is -2.13. The van der Waals surface area contributed by atoms with Gasteiger partial charge in [-0.1, -0.05) is 35.8 Å². The Labute approximate surface area is 127 Å². The summed E-state index contributed by atoms with van der Waals surface area (Å²) < 4.78 is 1.03. The zero-order valence-corrected chi connectivity index (χ0v) is 13.8. The highest BCUT2D eigenvalue weighted by Gasteiger charge is 2.08. The fourth-order valence-electron chi connectivity index (χ4n) is 1.54. The molecule has 1 unspecified atom stereocenters. The molecule has 0 saturated carbocycles. The molecule has 3 nitrogen and oxygen atoms in total. The molecule has 0 radical (unpaired) electrons. The molecule has 5 heteroatoms. The first-order valence-corrected chi connectivity index (χ1v) is 8.21. The number of rotatable bonds is 8. The average Bonchev–Trinajstić information content (AvgIpc) is 2.37. The number of aliphatic hydroxyl groups is 2. The van der Waals surface area contributed by atoms with Crippen molar-refractivity contribution in [3.8, 4) is 0 Å². The number of nitrogens with one attached hydrogen (secondary N) is 1. The van der Waals surface area contributed by atoms with Gasteiger partial charge in [0.25, 0.3) is 0 Å². The summed E-state index contributed by atoms with van der Waals surface area (Å²) in [7, 11) is 0. The van der Waals surface area contributed by atoms with Crippen LogP contribution in [0.3, 0.4) is 0 Å². The molecule has 0 spiro atoms. The highest BCUT2D eigenvalue weighted by molar-refractivity contribution is 9.10. The summed E-state index contributed by atoms with van der Waals surface area (Å²) in [6.45, 7) is 5.98. The molecule has 1 rings (SSSR count). The Balaban J connectivity index is 2.63. The minimum atomic E-state index is -0.666. The SMILES string of the molecule is CC(C)CNCc1ccc(Br)cc1SCC(O)CO. The van der Waals surface area contributed by atoms with Gasteiger partial charge in [-0.15, -0.1) is 11.8 Å². The van der Waals surface area contributed by atoms with Gasteiger partial charge in [0.15, 0.2) is 0 Å². The van der Waals surface area contributed by atoms with E-state index < -0.39 is 6.10 Å². The lowest BCUT2D eigenvalue weighted by Crippen LogP contribution is -2.19. The standard InChI is InChI=1S/C14H22BrNO2S/c1-10(2)6-16-7-11-3-4-12(15)5-14(11)19-9-13(18)8-17/h3-5,10,13,16-18H,6-9H2,1-2H3. The van der Waals surface area contributed by atoms with Gasteiger partial charge in [-0.25, -0.2) is 0 Å². The first kappa shape index (κ1) is 17.0. The van der Waals surface area contributed by atoms with E-state index in [0.29, 0.717) is 11.7 Å². The molecule has 0 aliphatic rings. The Morgan fingerprint density at radius 2 is 2.11 bits per heavy atom. The van der Waals surface area contributed by atoms with Crippen molar-refractivity contribution < 1.29 is 10.2 Å². The molecule has 1 atom stereocenters. The molecule has 0 aliphatic heterocycles. The Morgan fingerprint density at radius 3 is 2.74 bits per heavy atom. The van der Waals surface area contributed by atoms with Gasteiger partial charge in [0.05, 0.1) is 12.7 Å². The summed E-state index contributed by atoms with van der Waals surface area (Å²) in [5, 5.41) is 21.7. The molecule has 0 bridgehead atoms. The number of hydrogen-bond donors (Lipinski definition) is 3. The number of thioether (sulfide) groups is 1. The maximum Gasteiger partial charge on any atom is 0.0864 e. The van der Waals surface area contributed by atoms with E-state index >= 15 is 0 Å². The Kier molecular flexibility index (Phi) is 8.02. The third-order valence-corrected chi connectivity index (χ3v) is 4.27. The van der Waals surface area contributed by atoms with Crippen LogP contribution in [0.1, 0.15) is 19.4 Å². The summed E-state index contributed by atoms with van der Waals surface area (Å²) >= 11 is 5.04. The Bertz CT molecular complexity index is 388. The van der Waals surface area contributed by atoms with Crippen molar-refractivity contribution in [1.29, 1.82) is 0 Å². The predicted molar refractivity (Wildman–Crippen MR) is 84.5 cm³/mol. The van der Waals surface area contributed by atoms with Gasteiger partial charge in [0.2, 0.25) is 0 Å². The van der Waals surface area contributed by atoms with Crippen LogP contribution in [0, 0.1) is 5.92 Å². The van der Waals surface area contributed by atoms with E-state index in [1.807, 2.05) is 6.07 Å². The highest BCUT2D eigenvalue weighted by atomic mass is 79.9. The van der Waals surface area contributed by atoms with Gasteiger partial charge in [-0.2, -0.15) is 0 Å². The second-order valence-electron chi connectivity index (χ2n) is 4.92. The second-order valence-corrected chi connectivity index (χ2v) is 6.90. The first-order chi connectivity index (χ1) is 9.02. The third kappa shape index (κ3) is 6.77. The fraction of sp³-hybridized carbons (Fsp3) is 0.571. The number of aliphatic hydroxyl groups excluding tert-OH is 2. The van der Waals surface area contributed by atoms with Gasteiger partial charge in [-0.3, -0.25) is 0 Å². The molecular formula is C14H22BrNO2S. The normalized spacial score (nSPS) is 12.9. The van der Waals surface area contributed by atoms with Crippen molar-refractivity contribution >= 4 is 27.7 Å². The maximum atomic E-state index is 9.43. The zero-order valence-electron chi connectivity index (χ0n) is 11.4. The van der Waals surface area contributed by atoms with E-state index in [2.05, 4.69) is 47.2 Å². The van der Waals surface area contributed by atoms with Gasteiger partial charge in [0, 0.05) is 21.7 Å². The molecule has 108 valence electrons. The largest absolute Gasteiger partial charge is 0.394 e. The van der Waals surface area contributed by atoms with Crippen molar-refractivity contribution in [3.05, 3.63) is 28.2 Å². The quantitative estimate of drug-likeness (QED) is 0.632. The van der Waals surface area contributed by atoms with Crippen LogP contribution in [-0.2, 0) is 6.54 Å². The van der Waals surface area contributed by atoms with Crippen molar-refractivity contribution in [2.24, 2.45) is 5.92 Å². The molecule has 0 saturated heterocycles. The van der Waals surface area contributed by atoms with Crippen molar-refractivity contribution in [1.82, 2.24) is 5.32 Å². The van der Waals surface area contributed by atoms with Crippen molar-refractivity contribution in [2.45, 2.75) is 31.4 Å². The van der Waals surface area contributed by atoms with E-state index in [-0.39, 0.29) is 6.61 Å². The van der Waals surface area contributed by atoms with Crippen LogP contribution in [-0.4, -0.2) is 35.2 Å². The van der Waals surface area contributed by atoms with Gasteiger partial charge in [-0.05, 0) is 30.2 Å². The molecule has 0 amide bonds. The summed E-state index contributed by atoms with van der Waals surface area (Å²) in [6, 6.07) is 6.17. The average molecular weight is 348 g/mol. The highest BCUT2D eigenvalue weighted by Crippen LogP contribution is 2.27. The molecule has 1 aromatic carbocycles. The predicted octanol–water partition coefficient (Wildman–Crippen LogP) is 2.64. The van der Waals surface area contributed by atoms with Gasteiger partial charge >= 0.3 is 0 Å². The molecule has 19 heavy (non-hydrogen) atoms. The van der Waals surface area contributed by atoms with E-state index in [9.17, 15) is 5.11 Å². The molecule has 0 aromatic heterocycles. The topological polar surface area (TPSA) is 52.5 Å². The number of hydrogen-bond acceptors (Lipinski definition) is 4. The van der Waals surface area contributed by atoms with Crippen LogP contribution in [0.4, 0.5) is 0 Å². The lowest BCUT2D eigenvalue weighted by molar-refractivity contribution is 0.113. The van der Waals surface area contributed by atoms with Crippen LogP contribution in [0.5, 0.6) is 0 Å². The lowest BCUT2D eigenvalue weighted by atomic mass is 10.2. The monoisotopic (exact) mass is 347 g/mol. The molecular weight excluding hydrogens is 326 g/mol. The Morgan fingerprint density at radius 1 is 1.37 bits per heavy atom. The van der Waals surface area contributed by atoms with Crippen molar-refractivity contribution in [3.63, 3.8) is 0 Å². The van der Waals surface area contributed by atoms with Crippen LogP contribution in [0.25, 0.3) is 0 Å². The molecule has 0 fully saturated rings. The van der Waals surface area contributed by atoms with E-state index in [1.165, 1.54) is 5.56 Å². The maximum absolute atomic E-state index is 9.43. The van der Waals surface area contributed by atoms with Gasteiger partial charge < -0.3 is 15.5 Å². The fourth-order valence-corrected chi connectivity index (χ4v) is 3.07. The van der Waals surface area contributed by atoms with E-state index in [1.54, 1.807) is 11.8 Å². The number of benzene rings is 1. The molecule has 0 heterocycles. The zero-order chi connectivity index (χ0) is 14.3. The summed E-state index contributed by atoms with van der Waals surface area (Å²) in [6.07, 6.45) is -0.666. The molecule has 3 N–H and O–H groups in total. The first-order valence-electron chi connectivity index (χ1n) is 6.43. The minimum absolute atomic E-state index is 0.193. The smallest absolute Gasteiger partial charge is 0.0864 e. The third-order valence-electron chi connectivity index (χ3n) is 2.54. The van der Waals surface area contributed by atoms with Crippen LogP contribution in [0.15, 0.2) is 27.6 Å². The minimum Gasteiger partial charge on any atom is -0.394 e. The number of halogens is 1. The van der Waals surface area contributed by atoms with Crippen molar-refractivity contribution in [2.75, 3.05) is 18.9 Å².